The van der Waals surface area contributed by atoms with Gasteiger partial charge in [-0.05, 0) is 29.7 Å². The summed E-state index contributed by atoms with van der Waals surface area (Å²) in [6.07, 6.45) is 1.02. The van der Waals surface area contributed by atoms with Crippen LogP contribution in [-0.4, -0.2) is 36.0 Å². The lowest BCUT2D eigenvalue weighted by Gasteiger charge is -2.26. The lowest BCUT2D eigenvalue weighted by atomic mass is 10.0. The van der Waals surface area contributed by atoms with E-state index in [1.807, 2.05) is 53.4 Å². The molecule has 6 nitrogen and oxygen atoms in total. The van der Waals surface area contributed by atoms with Crippen LogP contribution in [0.15, 0.2) is 53.7 Å². The van der Waals surface area contributed by atoms with Crippen LogP contribution in [0.3, 0.4) is 0 Å². The van der Waals surface area contributed by atoms with Crippen molar-refractivity contribution in [2.45, 2.75) is 39.3 Å². The Morgan fingerprint density at radius 1 is 1.14 bits per heavy atom. The van der Waals surface area contributed by atoms with Crippen molar-refractivity contribution < 1.29 is 19.1 Å². The van der Waals surface area contributed by atoms with Crippen molar-refractivity contribution in [2.24, 2.45) is 11.1 Å². The lowest BCUT2D eigenvalue weighted by molar-refractivity contribution is -0.134. The average Bonchev–Trinajstić information content (AvgIpc) is 3.36. The molecule has 0 saturated heterocycles. The van der Waals surface area contributed by atoms with Crippen LogP contribution in [0.4, 0.5) is 0 Å². The molecule has 2 heterocycles. The molecule has 0 bridgehead atoms. The molecule has 0 fully saturated rings. The number of ether oxygens (including phenoxy) is 2. The van der Waals surface area contributed by atoms with Gasteiger partial charge >= 0.3 is 0 Å². The first-order valence-electron chi connectivity index (χ1n) is 10.0. The smallest absolute Gasteiger partial charge is 0.231 e. The van der Waals surface area contributed by atoms with Crippen LogP contribution in [0.1, 0.15) is 37.8 Å². The molecular formula is C23H26N2O4. The normalized spacial score (nSPS) is 17.2. The number of carbonyl (C=O) groups is 1. The first-order valence-corrected chi connectivity index (χ1v) is 10.0. The second-order valence-corrected chi connectivity index (χ2v) is 7.90. The number of hydrogen-bond donors (Lipinski definition) is 0. The molecule has 6 heteroatoms. The van der Waals surface area contributed by atoms with Crippen molar-refractivity contribution in [1.29, 1.82) is 0 Å². The molecule has 0 saturated carbocycles. The standard InChI is InChI=1S/C23H26N2O4/c1-16(2)10-23(26)25(13-17-6-4-3-5-7-17)14-19-12-20(24-29-19)18-8-9-21-22(11-18)28-15-27-21/h3-9,11,16,19H,10,12-15H2,1-2H3. The molecule has 1 unspecified atom stereocenters. The van der Waals surface area contributed by atoms with E-state index < -0.39 is 0 Å². The molecule has 2 aliphatic heterocycles. The van der Waals surface area contributed by atoms with Gasteiger partial charge in [-0.2, -0.15) is 0 Å². The summed E-state index contributed by atoms with van der Waals surface area (Å²) in [5.41, 5.74) is 2.93. The molecule has 0 aromatic heterocycles. The van der Waals surface area contributed by atoms with Crippen molar-refractivity contribution in [3.63, 3.8) is 0 Å². The number of oxime groups is 1. The van der Waals surface area contributed by atoms with E-state index in [2.05, 4.69) is 19.0 Å². The number of amides is 1. The molecule has 152 valence electrons. The lowest BCUT2D eigenvalue weighted by Crippen LogP contribution is -2.37. The first-order chi connectivity index (χ1) is 14.1. The molecular weight excluding hydrogens is 368 g/mol. The molecule has 0 radical (unpaired) electrons. The van der Waals surface area contributed by atoms with Crippen LogP contribution in [-0.2, 0) is 16.2 Å². The molecule has 2 aromatic rings. The highest BCUT2D eigenvalue weighted by Crippen LogP contribution is 2.33. The Labute approximate surface area is 171 Å². The molecule has 29 heavy (non-hydrogen) atoms. The van der Waals surface area contributed by atoms with Crippen LogP contribution in [0, 0.1) is 5.92 Å². The third-order valence-corrected chi connectivity index (χ3v) is 5.01. The van der Waals surface area contributed by atoms with Gasteiger partial charge in [-0.15, -0.1) is 0 Å². The van der Waals surface area contributed by atoms with Gasteiger partial charge in [0.15, 0.2) is 17.6 Å². The maximum atomic E-state index is 12.8. The van der Waals surface area contributed by atoms with E-state index in [9.17, 15) is 4.79 Å². The highest BCUT2D eigenvalue weighted by molar-refractivity contribution is 6.01. The first kappa shape index (κ1) is 19.3. The average molecular weight is 394 g/mol. The largest absolute Gasteiger partial charge is 0.454 e. The van der Waals surface area contributed by atoms with E-state index in [1.54, 1.807) is 0 Å². The quantitative estimate of drug-likeness (QED) is 0.713. The molecule has 1 atom stereocenters. The predicted molar refractivity (Wildman–Crippen MR) is 110 cm³/mol. The number of hydrogen-bond acceptors (Lipinski definition) is 5. The highest BCUT2D eigenvalue weighted by atomic mass is 16.7. The Morgan fingerprint density at radius 3 is 2.72 bits per heavy atom. The Balaban J connectivity index is 1.42. The van der Waals surface area contributed by atoms with Crippen LogP contribution in [0.25, 0.3) is 0 Å². The summed E-state index contributed by atoms with van der Waals surface area (Å²) in [6.45, 7) is 5.46. The van der Waals surface area contributed by atoms with Crippen molar-refractivity contribution in [3.05, 3.63) is 59.7 Å². The van der Waals surface area contributed by atoms with Gasteiger partial charge in [0.05, 0.1) is 12.3 Å². The summed E-state index contributed by atoms with van der Waals surface area (Å²) in [5, 5.41) is 4.28. The maximum absolute atomic E-state index is 12.8. The van der Waals surface area contributed by atoms with Crippen LogP contribution < -0.4 is 9.47 Å². The number of benzene rings is 2. The zero-order valence-corrected chi connectivity index (χ0v) is 16.8. The summed E-state index contributed by atoms with van der Waals surface area (Å²) < 4.78 is 10.8. The fourth-order valence-corrected chi connectivity index (χ4v) is 3.56. The van der Waals surface area contributed by atoms with Gasteiger partial charge in [-0.25, -0.2) is 0 Å². The maximum Gasteiger partial charge on any atom is 0.231 e. The summed E-state index contributed by atoms with van der Waals surface area (Å²) >= 11 is 0. The third-order valence-electron chi connectivity index (χ3n) is 5.01. The van der Waals surface area contributed by atoms with Gasteiger partial charge in [-0.1, -0.05) is 49.3 Å². The predicted octanol–water partition coefficient (Wildman–Crippen LogP) is 3.98. The number of nitrogens with zero attached hydrogens (tertiary/aromatic N) is 2. The Kier molecular flexibility index (Phi) is 5.69. The summed E-state index contributed by atoms with van der Waals surface area (Å²) in [7, 11) is 0. The molecule has 2 aliphatic rings. The fourth-order valence-electron chi connectivity index (χ4n) is 3.56. The summed E-state index contributed by atoms with van der Waals surface area (Å²) in [4.78, 5) is 20.4. The molecule has 0 spiro atoms. The van der Waals surface area contributed by atoms with Gasteiger partial charge in [0.25, 0.3) is 0 Å². The Hall–Kier alpha value is -3.02. The van der Waals surface area contributed by atoms with Crippen LogP contribution >= 0.6 is 0 Å². The van der Waals surface area contributed by atoms with Gasteiger partial charge < -0.3 is 19.2 Å². The Bertz CT molecular complexity index is 895. The highest BCUT2D eigenvalue weighted by Gasteiger charge is 2.28. The van der Waals surface area contributed by atoms with E-state index in [-0.39, 0.29) is 18.8 Å². The van der Waals surface area contributed by atoms with E-state index in [0.29, 0.717) is 31.8 Å². The summed E-state index contributed by atoms with van der Waals surface area (Å²) in [5.74, 6) is 1.93. The zero-order valence-electron chi connectivity index (χ0n) is 16.8. The second kappa shape index (κ2) is 8.55. The summed E-state index contributed by atoms with van der Waals surface area (Å²) in [6, 6.07) is 15.8. The van der Waals surface area contributed by atoms with E-state index in [4.69, 9.17) is 14.3 Å². The SMILES string of the molecule is CC(C)CC(=O)N(Cc1ccccc1)CC1CC(c2ccc3c(c2)OCO3)=NO1. The van der Waals surface area contributed by atoms with Crippen molar-refractivity contribution >= 4 is 11.6 Å². The van der Waals surface area contributed by atoms with E-state index in [1.165, 1.54) is 0 Å². The molecule has 4 rings (SSSR count). The topological polar surface area (TPSA) is 60.4 Å². The number of fused-ring (bicyclic) bond motifs is 1. The van der Waals surface area contributed by atoms with Crippen LogP contribution in [0.2, 0.25) is 0 Å². The minimum atomic E-state index is -0.157. The number of rotatable bonds is 7. The van der Waals surface area contributed by atoms with E-state index in [0.717, 1.165) is 28.3 Å². The Morgan fingerprint density at radius 2 is 1.93 bits per heavy atom. The molecule has 2 aromatic carbocycles. The molecule has 0 N–H and O–H groups in total. The van der Waals surface area contributed by atoms with E-state index >= 15 is 0 Å². The van der Waals surface area contributed by atoms with Crippen LogP contribution in [0.5, 0.6) is 11.5 Å². The van der Waals surface area contributed by atoms with Crippen molar-refractivity contribution in [2.75, 3.05) is 13.3 Å². The number of carbonyl (C=O) groups excluding carboxylic acids is 1. The zero-order chi connectivity index (χ0) is 20.2. The molecule has 0 aliphatic carbocycles. The van der Waals surface area contributed by atoms with Gasteiger partial charge in [0.1, 0.15) is 0 Å². The van der Waals surface area contributed by atoms with Gasteiger partial charge in [0, 0.05) is 24.9 Å². The van der Waals surface area contributed by atoms with Crippen molar-refractivity contribution in [3.8, 4) is 11.5 Å². The minimum Gasteiger partial charge on any atom is -0.454 e. The second-order valence-electron chi connectivity index (χ2n) is 7.90. The molecule has 1 amide bonds. The van der Waals surface area contributed by atoms with Gasteiger partial charge in [0.2, 0.25) is 12.7 Å². The third kappa shape index (κ3) is 4.70. The monoisotopic (exact) mass is 394 g/mol. The minimum absolute atomic E-state index is 0.143. The fraction of sp³-hybridized carbons (Fsp3) is 0.391. The van der Waals surface area contributed by atoms with Gasteiger partial charge in [-0.3, -0.25) is 4.79 Å². The van der Waals surface area contributed by atoms with Crippen molar-refractivity contribution in [1.82, 2.24) is 4.90 Å².